The molecule has 0 radical (unpaired) electrons. The number of allylic oxidation sites excluding steroid dienone is 1. The largest absolute Gasteiger partial charge is 0.544 e. The molecule has 1 unspecified atom stereocenters. The van der Waals surface area contributed by atoms with Crippen LogP contribution in [0.1, 0.15) is 37.5 Å². The summed E-state index contributed by atoms with van der Waals surface area (Å²) in [4.78, 5) is 12.0. The highest BCUT2D eigenvalue weighted by Crippen LogP contribution is 2.38. The van der Waals surface area contributed by atoms with Crippen LogP contribution in [0.2, 0.25) is 0 Å². The van der Waals surface area contributed by atoms with Crippen molar-refractivity contribution in [3.8, 4) is 5.75 Å². The summed E-state index contributed by atoms with van der Waals surface area (Å²) in [5.74, 6) is -0.539. The van der Waals surface area contributed by atoms with Gasteiger partial charge in [0, 0.05) is 19.4 Å². The first-order chi connectivity index (χ1) is 11.2. The van der Waals surface area contributed by atoms with Crippen LogP contribution in [0.25, 0.3) is 6.08 Å². The molecule has 2 aliphatic rings. The molecule has 0 aliphatic carbocycles. The lowest BCUT2D eigenvalue weighted by molar-refractivity contribution is -0.895. The molecule has 3 atom stereocenters. The summed E-state index contributed by atoms with van der Waals surface area (Å²) in [7, 11) is 0. The van der Waals surface area contributed by atoms with E-state index in [2.05, 4.69) is 0 Å². The molecule has 24 heavy (non-hydrogen) atoms. The molecule has 0 spiro atoms. The predicted molar refractivity (Wildman–Crippen MR) is 85.1 cm³/mol. The molecule has 0 saturated heterocycles. The van der Waals surface area contributed by atoms with Crippen LogP contribution < -0.4 is 14.7 Å². The predicted octanol–water partition coefficient (Wildman–Crippen LogP) is -1.37. The van der Waals surface area contributed by atoms with Crippen molar-refractivity contribution in [3.63, 3.8) is 0 Å². The number of carboxylic acid groups (broad SMARTS) is 1. The highest BCUT2D eigenvalue weighted by molar-refractivity contribution is 5.70. The van der Waals surface area contributed by atoms with Crippen LogP contribution in [0.3, 0.4) is 0 Å². The van der Waals surface area contributed by atoms with Crippen LogP contribution in [0.15, 0.2) is 17.8 Å². The Hall–Kier alpha value is -1.89. The minimum atomic E-state index is -1.27. The van der Waals surface area contributed by atoms with E-state index in [0.717, 1.165) is 28.1 Å². The van der Waals surface area contributed by atoms with Crippen molar-refractivity contribution in [1.82, 2.24) is 0 Å². The van der Waals surface area contributed by atoms with Gasteiger partial charge in [-0.05, 0) is 25.0 Å². The van der Waals surface area contributed by atoms with Crippen molar-refractivity contribution in [2.75, 3.05) is 6.61 Å². The van der Waals surface area contributed by atoms with E-state index in [1.54, 1.807) is 13.8 Å². The number of carbonyl (C=O) groups excluding carboxylic acids is 1. The van der Waals surface area contributed by atoms with E-state index in [0.29, 0.717) is 17.9 Å². The number of hydrogen-bond acceptors (Lipinski definition) is 5. The molecule has 1 aromatic rings. The molecular formula is C18H23NO5. The molecule has 2 aliphatic heterocycles. The molecule has 130 valence electrons. The number of carboxylic acids is 1. The molecule has 0 fully saturated rings. The number of nitrogens with one attached hydrogen (secondary N) is 1. The maximum Gasteiger partial charge on any atom is 0.156 e. The quantitative estimate of drug-likeness (QED) is 0.632. The van der Waals surface area contributed by atoms with E-state index in [9.17, 15) is 20.1 Å². The van der Waals surface area contributed by atoms with Gasteiger partial charge in [0.1, 0.15) is 36.7 Å². The zero-order chi connectivity index (χ0) is 17.6. The molecule has 0 bridgehead atoms. The maximum absolute atomic E-state index is 11.3. The number of fused-ring (bicyclic) bond motifs is 3. The van der Waals surface area contributed by atoms with E-state index in [-0.39, 0.29) is 6.10 Å². The van der Waals surface area contributed by atoms with Crippen molar-refractivity contribution >= 4 is 12.0 Å². The number of aliphatic carboxylic acids is 1. The number of quaternary nitrogens is 1. The summed E-state index contributed by atoms with van der Waals surface area (Å²) >= 11 is 0. The zero-order valence-electron chi connectivity index (χ0n) is 14.1. The second-order valence-electron chi connectivity index (χ2n) is 7.17. The smallest absolute Gasteiger partial charge is 0.156 e. The first kappa shape index (κ1) is 17.0. The molecule has 2 heterocycles. The second kappa shape index (κ2) is 5.88. The minimum Gasteiger partial charge on any atom is -0.544 e. The summed E-state index contributed by atoms with van der Waals surface area (Å²) in [6, 6.07) is 2.98. The number of benzene rings is 1. The van der Waals surface area contributed by atoms with Crippen molar-refractivity contribution in [1.29, 1.82) is 0 Å². The first-order valence-electron chi connectivity index (χ1n) is 8.12. The standard InChI is InChI=1S/C18H23NO5/c1-10-6-11-4-5-12-7-15(18(2,3)23)24-16(12)13(11)8-19(10)14(9-20)17(21)22/h4-6,14-15,20,23H,7-9H2,1-3H3,(H,21,22)/t14-,15+/m0/s1. The number of aliphatic hydroxyl groups is 2. The lowest BCUT2D eigenvalue weighted by Gasteiger charge is -2.32. The van der Waals surface area contributed by atoms with Crippen LogP contribution in [-0.4, -0.2) is 40.5 Å². The van der Waals surface area contributed by atoms with Gasteiger partial charge < -0.3 is 24.9 Å². The summed E-state index contributed by atoms with van der Waals surface area (Å²) in [6.45, 7) is 5.20. The Labute approximate surface area is 141 Å². The van der Waals surface area contributed by atoms with Gasteiger partial charge in [0.05, 0.1) is 11.2 Å². The van der Waals surface area contributed by atoms with Gasteiger partial charge in [0.25, 0.3) is 0 Å². The molecule has 0 saturated carbocycles. The van der Waals surface area contributed by atoms with E-state index in [1.807, 2.05) is 25.1 Å². The van der Waals surface area contributed by atoms with Crippen LogP contribution in [0, 0.1) is 0 Å². The Morgan fingerprint density at radius 1 is 1.50 bits per heavy atom. The summed E-state index contributed by atoms with van der Waals surface area (Å²) < 4.78 is 6.01. The second-order valence-corrected chi connectivity index (χ2v) is 7.17. The average Bonchev–Trinajstić information content (AvgIpc) is 2.92. The monoisotopic (exact) mass is 333 g/mol. The van der Waals surface area contributed by atoms with Gasteiger partial charge in [-0.2, -0.15) is 0 Å². The SMILES string of the molecule is CC1=Cc2ccc3c(c2C[NH+]1[C@@H](CO)C(=O)[O-])O[C@@H](C(C)(C)O)C3. The summed E-state index contributed by atoms with van der Waals surface area (Å²) in [6.07, 6.45) is 2.21. The molecule has 0 amide bonds. The zero-order valence-corrected chi connectivity index (χ0v) is 14.1. The van der Waals surface area contributed by atoms with Crippen LogP contribution in [-0.2, 0) is 17.8 Å². The van der Waals surface area contributed by atoms with Crippen molar-refractivity contribution in [3.05, 3.63) is 34.5 Å². The van der Waals surface area contributed by atoms with E-state index < -0.39 is 24.2 Å². The Morgan fingerprint density at radius 2 is 2.21 bits per heavy atom. The van der Waals surface area contributed by atoms with Gasteiger partial charge in [0.15, 0.2) is 6.04 Å². The molecule has 3 rings (SSSR count). The first-order valence-corrected chi connectivity index (χ1v) is 8.12. The number of hydrogen-bond donors (Lipinski definition) is 3. The molecule has 6 heteroatoms. The Balaban J connectivity index is 1.98. The highest BCUT2D eigenvalue weighted by atomic mass is 16.5. The Morgan fingerprint density at radius 3 is 2.79 bits per heavy atom. The Kier molecular flexibility index (Phi) is 4.15. The third-order valence-corrected chi connectivity index (χ3v) is 4.97. The van der Waals surface area contributed by atoms with Crippen LogP contribution in [0.5, 0.6) is 5.75 Å². The van der Waals surface area contributed by atoms with Gasteiger partial charge >= 0.3 is 0 Å². The number of rotatable bonds is 4. The fourth-order valence-corrected chi connectivity index (χ4v) is 3.48. The third-order valence-electron chi connectivity index (χ3n) is 4.97. The molecular weight excluding hydrogens is 310 g/mol. The normalized spacial score (nSPS) is 23.8. The number of carbonyl (C=O) groups is 1. The van der Waals surface area contributed by atoms with E-state index >= 15 is 0 Å². The van der Waals surface area contributed by atoms with Crippen molar-refractivity contribution in [2.24, 2.45) is 0 Å². The van der Waals surface area contributed by atoms with Gasteiger partial charge in [-0.25, -0.2) is 0 Å². The third kappa shape index (κ3) is 2.81. The molecule has 0 aromatic heterocycles. The van der Waals surface area contributed by atoms with Gasteiger partial charge in [-0.15, -0.1) is 0 Å². The van der Waals surface area contributed by atoms with Crippen molar-refractivity contribution < 1.29 is 29.8 Å². The van der Waals surface area contributed by atoms with Crippen molar-refractivity contribution in [2.45, 2.75) is 51.5 Å². The van der Waals surface area contributed by atoms with Gasteiger partial charge in [-0.1, -0.05) is 12.1 Å². The van der Waals surface area contributed by atoms with Crippen LogP contribution in [0.4, 0.5) is 0 Å². The lowest BCUT2D eigenvalue weighted by atomic mass is 9.94. The van der Waals surface area contributed by atoms with E-state index in [1.165, 1.54) is 0 Å². The van der Waals surface area contributed by atoms with Crippen LogP contribution >= 0.6 is 0 Å². The summed E-state index contributed by atoms with van der Waals surface area (Å²) in [5.41, 5.74) is 2.79. The molecule has 1 aromatic carbocycles. The number of aliphatic hydroxyl groups excluding tert-OH is 1. The fourth-order valence-electron chi connectivity index (χ4n) is 3.48. The molecule has 6 nitrogen and oxygen atoms in total. The number of ether oxygens (including phenoxy) is 1. The summed E-state index contributed by atoms with van der Waals surface area (Å²) in [5, 5.41) is 31.0. The highest BCUT2D eigenvalue weighted by Gasteiger charge is 2.38. The lowest BCUT2D eigenvalue weighted by Crippen LogP contribution is -3.15. The average molecular weight is 333 g/mol. The van der Waals surface area contributed by atoms with E-state index in [4.69, 9.17) is 4.74 Å². The van der Waals surface area contributed by atoms with Gasteiger partial charge in [0.2, 0.25) is 0 Å². The maximum atomic E-state index is 11.3. The molecule has 3 N–H and O–H groups in total. The Bertz CT molecular complexity index is 704. The van der Waals surface area contributed by atoms with Gasteiger partial charge in [-0.3, -0.25) is 4.90 Å². The topological polar surface area (TPSA) is 94.3 Å². The fraction of sp³-hybridized carbons (Fsp3) is 0.500. The minimum absolute atomic E-state index is 0.329.